The van der Waals surface area contributed by atoms with E-state index in [1.807, 2.05) is 31.2 Å². The quantitative estimate of drug-likeness (QED) is 0.723. The molecule has 4 N–H and O–H groups in total. The lowest BCUT2D eigenvalue weighted by Crippen LogP contribution is -2.57. The minimum atomic E-state index is -0.0733. The number of anilines is 1. The highest BCUT2D eigenvalue weighted by Crippen LogP contribution is 2.11. The highest BCUT2D eigenvalue weighted by atomic mass is 16.2. The number of piperazine rings is 1. The Morgan fingerprint density at radius 1 is 1.50 bits per heavy atom. The van der Waals surface area contributed by atoms with Gasteiger partial charge in [0.1, 0.15) is 0 Å². The molecule has 0 aliphatic carbocycles. The molecule has 1 heterocycles. The Bertz CT molecular complexity index is 404. The van der Waals surface area contributed by atoms with Crippen LogP contribution in [0.15, 0.2) is 24.3 Å². The maximum absolute atomic E-state index is 12.2. The molecule has 0 spiro atoms. The van der Waals surface area contributed by atoms with Crippen molar-refractivity contribution in [3.63, 3.8) is 0 Å². The monoisotopic (exact) mass is 248 g/mol. The first-order valence-corrected chi connectivity index (χ1v) is 6.26. The van der Waals surface area contributed by atoms with E-state index < -0.39 is 0 Å². The first kappa shape index (κ1) is 12.9. The zero-order chi connectivity index (χ0) is 13.0. The van der Waals surface area contributed by atoms with Crippen molar-refractivity contribution in [1.82, 2.24) is 10.2 Å². The summed E-state index contributed by atoms with van der Waals surface area (Å²) in [5, 5.41) is 6.15. The summed E-state index contributed by atoms with van der Waals surface area (Å²) in [5.41, 5.74) is 7.68. The summed E-state index contributed by atoms with van der Waals surface area (Å²) in [6, 6.07) is 7.78. The van der Waals surface area contributed by atoms with Gasteiger partial charge < -0.3 is 21.3 Å². The fraction of sp³-hybridized carbons (Fsp3) is 0.462. The topological polar surface area (TPSA) is 70.4 Å². The van der Waals surface area contributed by atoms with Crippen molar-refractivity contribution < 1.29 is 4.79 Å². The second-order valence-electron chi connectivity index (χ2n) is 4.58. The Kier molecular flexibility index (Phi) is 4.17. The number of carbonyl (C=O) groups is 1. The molecular formula is C13H20N4O. The Labute approximate surface area is 107 Å². The van der Waals surface area contributed by atoms with Crippen LogP contribution in [0.3, 0.4) is 0 Å². The van der Waals surface area contributed by atoms with Crippen molar-refractivity contribution >= 4 is 11.7 Å². The Morgan fingerprint density at radius 2 is 2.22 bits per heavy atom. The van der Waals surface area contributed by atoms with Crippen LogP contribution in [0.1, 0.15) is 5.56 Å². The number of hydrogen-bond acceptors (Lipinski definition) is 3. The predicted molar refractivity (Wildman–Crippen MR) is 72.6 cm³/mol. The molecule has 1 aliphatic rings. The highest BCUT2D eigenvalue weighted by Gasteiger charge is 2.25. The summed E-state index contributed by atoms with van der Waals surface area (Å²) >= 11 is 0. The fourth-order valence-corrected chi connectivity index (χ4v) is 2.07. The standard InChI is InChI=1S/C13H20N4O/c1-10-2-4-11(5-3-10)16-13(18)17-7-6-15-9-12(17)8-14/h2-5,12,15H,6-9,14H2,1H3,(H,16,18). The first-order chi connectivity index (χ1) is 8.70. The predicted octanol–water partition coefficient (Wildman–Crippen LogP) is 0.759. The minimum Gasteiger partial charge on any atom is -0.328 e. The molecule has 5 heteroatoms. The third-order valence-corrected chi connectivity index (χ3v) is 3.19. The van der Waals surface area contributed by atoms with Gasteiger partial charge in [-0.2, -0.15) is 0 Å². The molecule has 0 aromatic heterocycles. The van der Waals surface area contributed by atoms with Gasteiger partial charge in [-0.3, -0.25) is 0 Å². The van der Waals surface area contributed by atoms with E-state index in [0.717, 1.165) is 18.8 Å². The second kappa shape index (κ2) is 5.84. The van der Waals surface area contributed by atoms with Gasteiger partial charge in [-0.25, -0.2) is 4.79 Å². The summed E-state index contributed by atoms with van der Waals surface area (Å²) < 4.78 is 0. The van der Waals surface area contributed by atoms with Crippen LogP contribution in [-0.4, -0.2) is 43.2 Å². The number of aryl methyl sites for hydroxylation is 1. The summed E-state index contributed by atoms with van der Waals surface area (Å²) in [6.07, 6.45) is 0. The van der Waals surface area contributed by atoms with Crippen LogP contribution in [0.25, 0.3) is 0 Å². The van der Waals surface area contributed by atoms with Gasteiger partial charge in [-0.1, -0.05) is 17.7 Å². The van der Waals surface area contributed by atoms with Gasteiger partial charge in [0, 0.05) is 31.9 Å². The van der Waals surface area contributed by atoms with Crippen molar-refractivity contribution in [3.8, 4) is 0 Å². The largest absolute Gasteiger partial charge is 0.328 e. The molecule has 1 fully saturated rings. The smallest absolute Gasteiger partial charge is 0.322 e. The van der Waals surface area contributed by atoms with E-state index in [4.69, 9.17) is 5.73 Å². The maximum atomic E-state index is 12.2. The van der Waals surface area contributed by atoms with Gasteiger partial charge in [0.25, 0.3) is 0 Å². The number of amides is 2. The normalized spacial score (nSPS) is 19.7. The lowest BCUT2D eigenvalue weighted by Gasteiger charge is -2.35. The fourth-order valence-electron chi connectivity index (χ4n) is 2.07. The molecule has 1 aromatic carbocycles. The van der Waals surface area contributed by atoms with Gasteiger partial charge in [-0.15, -0.1) is 0 Å². The number of benzene rings is 1. The van der Waals surface area contributed by atoms with Gasteiger partial charge >= 0.3 is 6.03 Å². The summed E-state index contributed by atoms with van der Waals surface area (Å²) in [4.78, 5) is 14.0. The molecule has 5 nitrogen and oxygen atoms in total. The Balaban J connectivity index is 2.00. The van der Waals surface area contributed by atoms with Gasteiger partial charge in [0.2, 0.25) is 0 Å². The van der Waals surface area contributed by atoms with Crippen LogP contribution in [0.4, 0.5) is 10.5 Å². The number of urea groups is 1. The highest BCUT2D eigenvalue weighted by molar-refractivity contribution is 5.89. The molecule has 0 bridgehead atoms. The van der Waals surface area contributed by atoms with Gasteiger partial charge in [-0.05, 0) is 19.1 Å². The average molecular weight is 248 g/mol. The van der Waals surface area contributed by atoms with E-state index in [0.29, 0.717) is 13.1 Å². The number of carbonyl (C=O) groups excluding carboxylic acids is 1. The van der Waals surface area contributed by atoms with Crippen molar-refractivity contribution in [1.29, 1.82) is 0 Å². The SMILES string of the molecule is Cc1ccc(NC(=O)N2CCNCC2CN)cc1. The van der Waals surface area contributed by atoms with E-state index >= 15 is 0 Å². The molecule has 1 unspecified atom stereocenters. The molecule has 1 aromatic rings. The van der Waals surface area contributed by atoms with Crippen LogP contribution >= 0.6 is 0 Å². The number of nitrogens with zero attached hydrogens (tertiary/aromatic N) is 1. The zero-order valence-electron chi connectivity index (χ0n) is 10.6. The van der Waals surface area contributed by atoms with E-state index in [-0.39, 0.29) is 12.1 Å². The van der Waals surface area contributed by atoms with Crippen molar-refractivity contribution in [3.05, 3.63) is 29.8 Å². The van der Waals surface area contributed by atoms with Gasteiger partial charge in [0.15, 0.2) is 0 Å². The summed E-state index contributed by atoms with van der Waals surface area (Å²) in [6.45, 7) is 4.77. The third kappa shape index (κ3) is 3.00. The summed E-state index contributed by atoms with van der Waals surface area (Å²) in [7, 11) is 0. The van der Waals surface area contributed by atoms with E-state index in [1.165, 1.54) is 5.56 Å². The number of nitrogens with two attached hydrogens (primary N) is 1. The van der Waals surface area contributed by atoms with Crippen LogP contribution in [-0.2, 0) is 0 Å². The minimum absolute atomic E-state index is 0.0733. The first-order valence-electron chi connectivity index (χ1n) is 6.26. The number of hydrogen-bond donors (Lipinski definition) is 3. The third-order valence-electron chi connectivity index (χ3n) is 3.19. The van der Waals surface area contributed by atoms with Crippen molar-refractivity contribution in [2.24, 2.45) is 5.73 Å². The van der Waals surface area contributed by atoms with Crippen molar-refractivity contribution in [2.75, 3.05) is 31.5 Å². The lowest BCUT2D eigenvalue weighted by molar-refractivity contribution is 0.173. The van der Waals surface area contributed by atoms with E-state index in [9.17, 15) is 4.79 Å². The number of rotatable bonds is 2. The Hall–Kier alpha value is -1.59. The van der Waals surface area contributed by atoms with Crippen LogP contribution in [0.5, 0.6) is 0 Å². The summed E-state index contributed by atoms with van der Waals surface area (Å²) in [5.74, 6) is 0. The Morgan fingerprint density at radius 3 is 2.89 bits per heavy atom. The number of nitrogens with one attached hydrogen (secondary N) is 2. The van der Waals surface area contributed by atoms with Crippen molar-refractivity contribution in [2.45, 2.75) is 13.0 Å². The molecule has 0 radical (unpaired) electrons. The molecule has 1 aliphatic heterocycles. The molecule has 1 saturated heterocycles. The van der Waals surface area contributed by atoms with Crippen LogP contribution in [0.2, 0.25) is 0 Å². The van der Waals surface area contributed by atoms with E-state index in [2.05, 4.69) is 10.6 Å². The van der Waals surface area contributed by atoms with E-state index in [1.54, 1.807) is 4.90 Å². The molecule has 0 saturated carbocycles. The molecule has 18 heavy (non-hydrogen) atoms. The van der Waals surface area contributed by atoms with Gasteiger partial charge in [0.05, 0.1) is 6.04 Å². The maximum Gasteiger partial charge on any atom is 0.322 e. The average Bonchev–Trinajstić information content (AvgIpc) is 2.41. The second-order valence-corrected chi connectivity index (χ2v) is 4.58. The lowest BCUT2D eigenvalue weighted by atomic mass is 10.2. The zero-order valence-corrected chi connectivity index (χ0v) is 10.6. The molecule has 98 valence electrons. The molecule has 2 amide bonds. The van der Waals surface area contributed by atoms with Crippen LogP contribution < -0.4 is 16.4 Å². The molecular weight excluding hydrogens is 228 g/mol. The molecule has 2 rings (SSSR count). The molecule has 1 atom stereocenters. The van der Waals surface area contributed by atoms with Crippen LogP contribution in [0, 0.1) is 6.92 Å².